The van der Waals surface area contributed by atoms with Crippen LogP contribution in [0.25, 0.3) is 0 Å². The Bertz CT molecular complexity index is 1310. The molecule has 0 radical (unpaired) electrons. The number of sulfonamides is 1. The van der Waals surface area contributed by atoms with Crippen LogP contribution in [0, 0.1) is 20.8 Å². The largest absolute Gasteiger partial charge is 0.455 e. The number of furan rings is 1. The molecular formula is C24H25N3O4S. The van der Waals surface area contributed by atoms with E-state index in [0.717, 1.165) is 23.2 Å². The highest BCUT2D eigenvalue weighted by Crippen LogP contribution is 2.30. The lowest BCUT2D eigenvalue weighted by Crippen LogP contribution is -2.22. The van der Waals surface area contributed by atoms with Crippen molar-refractivity contribution in [3.8, 4) is 0 Å². The first kappa shape index (κ1) is 21.8. The van der Waals surface area contributed by atoms with E-state index in [1.807, 2.05) is 32.0 Å². The number of rotatable bonds is 5. The minimum Gasteiger partial charge on any atom is -0.455 e. The van der Waals surface area contributed by atoms with E-state index in [-0.39, 0.29) is 16.6 Å². The summed E-state index contributed by atoms with van der Waals surface area (Å²) in [5.41, 5.74) is 4.72. The molecule has 1 heterocycles. The van der Waals surface area contributed by atoms with Gasteiger partial charge < -0.3 is 9.73 Å². The molecule has 0 bridgehead atoms. The quantitative estimate of drug-likeness (QED) is 0.559. The van der Waals surface area contributed by atoms with E-state index in [4.69, 9.17) is 4.42 Å². The Morgan fingerprint density at radius 1 is 1.03 bits per heavy atom. The second kappa shape index (κ2) is 8.63. The van der Waals surface area contributed by atoms with Crippen molar-refractivity contribution in [3.63, 3.8) is 0 Å². The summed E-state index contributed by atoms with van der Waals surface area (Å²) in [6, 6.07) is 13.9. The average molecular weight is 452 g/mol. The number of nitrogens with zero attached hydrogens (tertiary/aromatic N) is 1. The second-order valence-corrected chi connectivity index (χ2v) is 9.61. The van der Waals surface area contributed by atoms with Crippen LogP contribution in [-0.2, 0) is 16.4 Å². The zero-order chi connectivity index (χ0) is 22.9. The molecule has 0 spiro atoms. The number of carbonyl (C=O) groups excluding carboxylic acids is 1. The van der Waals surface area contributed by atoms with Gasteiger partial charge in [-0.2, -0.15) is 18.4 Å². The number of amides is 1. The molecule has 1 aliphatic rings. The molecule has 2 N–H and O–H groups in total. The van der Waals surface area contributed by atoms with E-state index >= 15 is 0 Å². The van der Waals surface area contributed by atoms with Crippen molar-refractivity contribution in [2.45, 2.75) is 44.9 Å². The van der Waals surface area contributed by atoms with Crippen LogP contribution in [0.1, 0.15) is 51.4 Å². The molecule has 7 nitrogen and oxygen atoms in total. The molecule has 0 fully saturated rings. The number of hydrogen-bond acceptors (Lipinski definition) is 5. The maximum atomic E-state index is 12.9. The third-order valence-electron chi connectivity index (χ3n) is 5.52. The van der Waals surface area contributed by atoms with Crippen molar-refractivity contribution in [3.05, 3.63) is 82.3 Å². The summed E-state index contributed by atoms with van der Waals surface area (Å²) < 4.78 is 31.0. The number of benzene rings is 2. The number of aryl methyl sites for hydroxylation is 3. The zero-order valence-corrected chi connectivity index (χ0v) is 19.0. The van der Waals surface area contributed by atoms with E-state index < -0.39 is 10.0 Å². The molecule has 1 aliphatic carbocycles. The van der Waals surface area contributed by atoms with Crippen LogP contribution in [-0.4, -0.2) is 20.0 Å². The molecule has 166 valence electrons. The number of fused-ring (bicyclic) bond motifs is 1. The van der Waals surface area contributed by atoms with Crippen LogP contribution in [0.2, 0.25) is 0 Å². The molecule has 0 aliphatic heterocycles. The minimum atomic E-state index is -3.78. The van der Waals surface area contributed by atoms with Gasteiger partial charge >= 0.3 is 0 Å². The van der Waals surface area contributed by atoms with Crippen LogP contribution in [0.15, 0.2) is 62.9 Å². The Balaban J connectivity index is 1.61. The number of hydrazone groups is 1. The molecule has 0 saturated heterocycles. The highest BCUT2D eigenvalue weighted by atomic mass is 32.2. The maximum absolute atomic E-state index is 12.9. The highest BCUT2D eigenvalue weighted by molar-refractivity contribution is 7.89. The van der Waals surface area contributed by atoms with E-state index in [0.29, 0.717) is 35.4 Å². The van der Waals surface area contributed by atoms with Gasteiger partial charge in [0.1, 0.15) is 5.76 Å². The fraction of sp³-hybridized carbons (Fsp3) is 0.250. The summed E-state index contributed by atoms with van der Waals surface area (Å²) in [5.74, 6) is 0.528. The van der Waals surface area contributed by atoms with Gasteiger partial charge in [-0.05, 0) is 57.4 Å². The third kappa shape index (κ3) is 4.31. The zero-order valence-electron chi connectivity index (χ0n) is 18.2. The molecular weight excluding hydrogens is 426 g/mol. The molecule has 0 unspecified atom stereocenters. The summed E-state index contributed by atoms with van der Waals surface area (Å²) in [7, 11) is -3.78. The van der Waals surface area contributed by atoms with Gasteiger partial charge in [-0.25, -0.2) is 0 Å². The van der Waals surface area contributed by atoms with Gasteiger partial charge in [-0.3, -0.25) is 4.79 Å². The normalized spacial score (nSPS) is 14.8. The first-order valence-corrected chi connectivity index (χ1v) is 11.9. The van der Waals surface area contributed by atoms with Gasteiger partial charge in [0.15, 0.2) is 5.76 Å². The highest BCUT2D eigenvalue weighted by Gasteiger charge is 2.28. The van der Waals surface area contributed by atoms with Crippen LogP contribution in [0.4, 0.5) is 5.69 Å². The summed E-state index contributed by atoms with van der Waals surface area (Å²) in [6.07, 6.45) is 2.00. The van der Waals surface area contributed by atoms with Gasteiger partial charge in [-0.1, -0.05) is 35.9 Å². The first-order chi connectivity index (χ1) is 15.3. The summed E-state index contributed by atoms with van der Waals surface area (Å²) in [6.45, 7) is 5.73. The van der Waals surface area contributed by atoms with Crippen molar-refractivity contribution in [1.82, 2.24) is 4.83 Å². The van der Waals surface area contributed by atoms with Crippen LogP contribution in [0.5, 0.6) is 0 Å². The van der Waals surface area contributed by atoms with Crippen molar-refractivity contribution >= 4 is 27.3 Å². The molecule has 4 rings (SSSR count). The van der Waals surface area contributed by atoms with Crippen molar-refractivity contribution in [2.24, 2.45) is 5.10 Å². The third-order valence-corrected chi connectivity index (χ3v) is 6.74. The van der Waals surface area contributed by atoms with E-state index in [2.05, 4.69) is 15.2 Å². The lowest BCUT2D eigenvalue weighted by molar-refractivity contribution is 0.0994. The Morgan fingerprint density at radius 2 is 1.78 bits per heavy atom. The molecule has 8 heteroatoms. The molecule has 1 aromatic heterocycles. The Hall–Kier alpha value is -3.39. The van der Waals surface area contributed by atoms with Crippen molar-refractivity contribution in [2.75, 3.05) is 5.32 Å². The predicted octanol–water partition coefficient (Wildman–Crippen LogP) is 4.48. The average Bonchev–Trinajstić information content (AvgIpc) is 3.12. The molecule has 32 heavy (non-hydrogen) atoms. The molecule has 3 aromatic rings. The Kier molecular flexibility index (Phi) is 5.88. The molecule has 1 amide bonds. The van der Waals surface area contributed by atoms with E-state index in [9.17, 15) is 13.2 Å². The minimum absolute atomic E-state index is 0.137. The second-order valence-electron chi connectivity index (χ2n) is 7.95. The van der Waals surface area contributed by atoms with Crippen molar-refractivity contribution in [1.29, 1.82) is 0 Å². The number of hydrogen-bond donors (Lipinski definition) is 2. The fourth-order valence-corrected chi connectivity index (χ4v) is 4.75. The van der Waals surface area contributed by atoms with Crippen LogP contribution >= 0.6 is 0 Å². The van der Waals surface area contributed by atoms with Gasteiger partial charge in [0, 0.05) is 23.2 Å². The topological polar surface area (TPSA) is 101 Å². The standard InChI is InChI=1S/C24H25N3O4S/c1-15-12-13-19(16(2)14-15)25-24(28)23-17(3)22-20(10-7-11-21(22)31-23)26-27-32(29,30)18-8-5-4-6-9-18/h4-6,8-9,12-14,27H,7,10-11H2,1-3H3,(H,25,28)/b26-20+. The van der Waals surface area contributed by atoms with Gasteiger partial charge in [-0.15, -0.1) is 0 Å². The Labute approximate surface area is 187 Å². The van der Waals surface area contributed by atoms with Gasteiger partial charge in [0.2, 0.25) is 0 Å². The van der Waals surface area contributed by atoms with E-state index in [1.165, 1.54) is 12.1 Å². The molecule has 0 atom stereocenters. The number of anilines is 1. The lowest BCUT2D eigenvalue weighted by atomic mass is 9.93. The maximum Gasteiger partial charge on any atom is 0.291 e. The lowest BCUT2D eigenvalue weighted by Gasteiger charge is -2.14. The molecule has 0 saturated carbocycles. The summed E-state index contributed by atoms with van der Waals surface area (Å²) in [5, 5.41) is 7.11. The number of nitrogens with one attached hydrogen (secondary N) is 2. The van der Waals surface area contributed by atoms with E-state index in [1.54, 1.807) is 25.1 Å². The SMILES string of the molecule is Cc1ccc(NC(=O)c2oc3c(c2C)/C(=N/NS(=O)(=O)c2ccccc2)CCC3)c(C)c1. The monoisotopic (exact) mass is 451 g/mol. The smallest absolute Gasteiger partial charge is 0.291 e. The van der Waals surface area contributed by atoms with Gasteiger partial charge in [0.05, 0.1) is 10.6 Å². The number of carbonyl (C=O) groups is 1. The summed E-state index contributed by atoms with van der Waals surface area (Å²) in [4.78, 5) is 15.4. The molecule has 2 aromatic carbocycles. The first-order valence-electron chi connectivity index (χ1n) is 10.4. The Morgan fingerprint density at radius 3 is 2.50 bits per heavy atom. The fourth-order valence-electron chi connectivity index (χ4n) is 3.90. The van der Waals surface area contributed by atoms with Crippen LogP contribution < -0.4 is 10.1 Å². The van der Waals surface area contributed by atoms with Crippen molar-refractivity contribution < 1.29 is 17.6 Å². The van der Waals surface area contributed by atoms with Gasteiger partial charge in [0.25, 0.3) is 15.9 Å². The summed E-state index contributed by atoms with van der Waals surface area (Å²) >= 11 is 0. The predicted molar refractivity (Wildman–Crippen MR) is 124 cm³/mol. The van der Waals surface area contributed by atoms with Crippen LogP contribution in [0.3, 0.4) is 0 Å².